The molecule has 6 rings (SSSR count). The van der Waals surface area contributed by atoms with Crippen molar-refractivity contribution >= 4 is 17.7 Å². The molecule has 4 aromatic rings. The molecule has 0 spiro atoms. The number of Topliss-reactive ketones (excluding diaryl/α,β-unsaturated/α-hetero) is 1. The molecule has 0 aliphatic carbocycles. The van der Waals surface area contributed by atoms with Gasteiger partial charge in [-0.3, -0.25) is 4.79 Å². The first kappa shape index (κ1) is 46.6. The van der Waals surface area contributed by atoms with E-state index in [4.69, 9.17) is 42.6 Å². The Morgan fingerprint density at radius 2 is 1.38 bits per heavy atom. The van der Waals surface area contributed by atoms with Crippen molar-refractivity contribution in [3.8, 4) is 28.7 Å². The van der Waals surface area contributed by atoms with Crippen LogP contribution in [0, 0.1) is 0 Å². The van der Waals surface area contributed by atoms with Crippen LogP contribution in [0.4, 0.5) is 0 Å². The minimum atomic E-state index is -0.734. The number of esters is 2. The van der Waals surface area contributed by atoms with Crippen LogP contribution in [0.25, 0.3) is 0 Å². The summed E-state index contributed by atoms with van der Waals surface area (Å²) in [7, 11) is 2.67. The number of rotatable bonds is 22. The molecule has 63 heavy (non-hydrogen) atoms. The van der Waals surface area contributed by atoms with Gasteiger partial charge in [0.2, 0.25) is 6.79 Å². The second kappa shape index (κ2) is 21.5. The predicted molar refractivity (Wildman–Crippen MR) is 237 cm³/mol. The molecular weight excluding hydrogens is 805 g/mol. The minimum Gasteiger partial charge on any atom is -0.488 e. The van der Waals surface area contributed by atoms with Crippen LogP contribution in [-0.4, -0.2) is 63.2 Å². The van der Waals surface area contributed by atoms with Gasteiger partial charge in [0.05, 0.1) is 31.8 Å². The number of carbonyl (C=O) groups excluding carboxylic acids is 3. The Labute approximate surface area is 370 Å². The second-order valence-corrected chi connectivity index (χ2v) is 17.1. The van der Waals surface area contributed by atoms with Crippen molar-refractivity contribution in [2.24, 2.45) is 0 Å². The number of carbonyl (C=O) groups is 3. The Kier molecular flexibility index (Phi) is 15.9. The number of fused-ring (bicyclic) bond motifs is 2. The van der Waals surface area contributed by atoms with Crippen LogP contribution in [0.15, 0.2) is 90.5 Å². The summed E-state index contributed by atoms with van der Waals surface area (Å²) in [6.45, 7) is 10.1. The first-order valence-corrected chi connectivity index (χ1v) is 21.5. The zero-order valence-electron chi connectivity index (χ0n) is 37.5. The van der Waals surface area contributed by atoms with Gasteiger partial charge >= 0.3 is 11.9 Å². The van der Waals surface area contributed by atoms with Crippen molar-refractivity contribution in [1.29, 1.82) is 0 Å². The van der Waals surface area contributed by atoms with E-state index in [-0.39, 0.29) is 45.4 Å². The summed E-state index contributed by atoms with van der Waals surface area (Å²) in [4.78, 5) is 38.3. The number of ether oxygens (including phenoxy) is 9. The summed E-state index contributed by atoms with van der Waals surface area (Å²) >= 11 is 0. The van der Waals surface area contributed by atoms with Crippen LogP contribution in [-0.2, 0) is 54.6 Å². The Balaban J connectivity index is 1.32. The van der Waals surface area contributed by atoms with Gasteiger partial charge in [-0.15, -0.1) is 0 Å². The molecule has 0 saturated carbocycles. The molecule has 0 N–H and O–H groups in total. The third-order valence-electron chi connectivity index (χ3n) is 11.3. The van der Waals surface area contributed by atoms with Crippen LogP contribution in [0.1, 0.15) is 111 Å². The molecular formula is C51H60O12. The normalized spacial score (nSPS) is 14.7. The lowest BCUT2D eigenvalue weighted by atomic mass is 9.88. The van der Waals surface area contributed by atoms with Gasteiger partial charge in [0.15, 0.2) is 17.3 Å². The summed E-state index contributed by atoms with van der Waals surface area (Å²) in [6, 6.07) is 25.3. The van der Waals surface area contributed by atoms with Crippen LogP contribution in [0.2, 0.25) is 0 Å². The van der Waals surface area contributed by atoms with E-state index in [1.165, 1.54) is 19.8 Å². The highest BCUT2D eigenvalue weighted by atomic mass is 16.7. The van der Waals surface area contributed by atoms with Gasteiger partial charge in [-0.25, -0.2) is 9.59 Å². The molecule has 336 valence electrons. The molecule has 1 unspecified atom stereocenters. The van der Waals surface area contributed by atoms with Crippen molar-refractivity contribution in [1.82, 2.24) is 0 Å². The molecule has 2 aliphatic rings. The van der Waals surface area contributed by atoms with Crippen LogP contribution in [0.5, 0.6) is 28.7 Å². The van der Waals surface area contributed by atoms with Gasteiger partial charge in [0, 0.05) is 22.8 Å². The average molecular weight is 865 g/mol. The Hall–Kier alpha value is -5.85. The lowest BCUT2D eigenvalue weighted by molar-refractivity contribution is -0.152. The van der Waals surface area contributed by atoms with E-state index >= 15 is 0 Å². The fourth-order valence-corrected chi connectivity index (χ4v) is 7.56. The zero-order valence-corrected chi connectivity index (χ0v) is 37.5. The minimum absolute atomic E-state index is 0.0576. The van der Waals surface area contributed by atoms with Crippen LogP contribution in [0.3, 0.4) is 0 Å². The number of hydrogen-bond donors (Lipinski definition) is 0. The topological polar surface area (TPSA) is 134 Å². The Morgan fingerprint density at radius 1 is 0.762 bits per heavy atom. The third kappa shape index (κ3) is 12.9. The van der Waals surface area contributed by atoms with E-state index in [0.717, 1.165) is 41.5 Å². The standard InChI is InChI=1S/C51H60O12/c1-34(15-14-25-50(2,3)61-31-45(53)55-6)20-21-38-37(22-23-41-48(38)60-33-59-41)43-27-40(52)47-44(63-43)28-42(57-29-35-16-10-8-11-17-35)39(24-26-51(4,5)62-32-46(54)56-7)49(47)58-30-36-18-12-9-13-19-36/h8-13,16-20,22-23,28,43H,14-15,21,24-27,29-33H2,1-7H3/b34-20+. The van der Waals surface area contributed by atoms with Crippen LogP contribution >= 0.6 is 0 Å². The maximum atomic E-state index is 14.7. The largest absolute Gasteiger partial charge is 0.488 e. The first-order chi connectivity index (χ1) is 30.3. The highest BCUT2D eigenvalue weighted by Gasteiger charge is 2.37. The van der Waals surface area contributed by atoms with Crippen LogP contribution < -0.4 is 23.7 Å². The summed E-state index contributed by atoms with van der Waals surface area (Å²) < 4.78 is 53.3. The lowest BCUT2D eigenvalue weighted by Gasteiger charge is -2.31. The summed E-state index contributed by atoms with van der Waals surface area (Å²) in [5.41, 5.74) is 4.63. The predicted octanol–water partition coefficient (Wildman–Crippen LogP) is 9.81. The highest BCUT2D eigenvalue weighted by Crippen LogP contribution is 2.49. The fourth-order valence-electron chi connectivity index (χ4n) is 7.56. The van der Waals surface area contributed by atoms with Gasteiger partial charge in [-0.05, 0) is 90.3 Å². The summed E-state index contributed by atoms with van der Waals surface area (Å²) in [6.07, 6.45) is 5.44. The molecule has 0 saturated heterocycles. The highest BCUT2D eigenvalue weighted by molar-refractivity contribution is 6.03. The Morgan fingerprint density at radius 3 is 2.02 bits per heavy atom. The molecule has 2 aliphatic heterocycles. The molecule has 2 heterocycles. The van der Waals surface area contributed by atoms with E-state index < -0.39 is 29.2 Å². The van der Waals surface area contributed by atoms with E-state index in [0.29, 0.717) is 59.1 Å². The van der Waals surface area contributed by atoms with Crippen molar-refractivity contribution in [3.63, 3.8) is 0 Å². The summed E-state index contributed by atoms with van der Waals surface area (Å²) in [5.74, 6) is 1.56. The van der Waals surface area contributed by atoms with Gasteiger partial charge in [-0.2, -0.15) is 0 Å². The molecule has 4 aromatic carbocycles. The average Bonchev–Trinajstić information content (AvgIpc) is 3.77. The van der Waals surface area contributed by atoms with Gasteiger partial charge in [0.25, 0.3) is 0 Å². The number of ketones is 1. The van der Waals surface area contributed by atoms with E-state index in [2.05, 4.69) is 13.0 Å². The molecule has 0 radical (unpaired) electrons. The van der Waals surface area contributed by atoms with Crippen molar-refractivity contribution < 1.29 is 57.0 Å². The molecule has 1 atom stereocenters. The van der Waals surface area contributed by atoms with E-state index in [1.807, 2.05) is 107 Å². The van der Waals surface area contributed by atoms with E-state index in [1.54, 1.807) is 0 Å². The second-order valence-electron chi connectivity index (χ2n) is 17.1. The van der Waals surface area contributed by atoms with Gasteiger partial charge in [-0.1, -0.05) is 78.4 Å². The first-order valence-electron chi connectivity index (χ1n) is 21.5. The zero-order chi connectivity index (χ0) is 45.0. The lowest BCUT2D eigenvalue weighted by Crippen LogP contribution is -2.29. The molecule has 12 nitrogen and oxygen atoms in total. The molecule has 0 aromatic heterocycles. The molecule has 0 amide bonds. The summed E-state index contributed by atoms with van der Waals surface area (Å²) in [5, 5.41) is 0. The number of allylic oxidation sites excluding steroid dienone is 2. The molecule has 12 heteroatoms. The SMILES string of the molecule is COC(=O)COC(C)(C)CCC/C(C)=C/Cc1c(C2CC(=O)c3c(cc(OCc4ccccc4)c(CCC(C)(C)OCC(=O)OC)c3OCc3ccccc3)O2)ccc2c1OCO2. The van der Waals surface area contributed by atoms with Crippen molar-refractivity contribution in [3.05, 3.63) is 124 Å². The van der Waals surface area contributed by atoms with Crippen molar-refractivity contribution in [2.75, 3.05) is 34.2 Å². The van der Waals surface area contributed by atoms with Gasteiger partial charge < -0.3 is 42.6 Å². The van der Waals surface area contributed by atoms with Gasteiger partial charge in [0.1, 0.15) is 55.3 Å². The number of hydrogen-bond acceptors (Lipinski definition) is 12. The smallest absolute Gasteiger partial charge is 0.331 e. The molecule has 0 bridgehead atoms. The maximum absolute atomic E-state index is 14.7. The monoisotopic (exact) mass is 864 g/mol. The quantitative estimate of drug-likeness (QED) is 0.0550. The maximum Gasteiger partial charge on any atom is 0.331 e. The Bertz CT molecular complexity index is 2230. The van der Waals surface area contributed by atoms with Crippen molar-refractivity contribution in [2.45, 2.75) is 110 Å². The molecule has 0 fully saturated rings. The third-order valence-corrected chi connectivity index (χ3v) is 11.3. The fraction of sp³-hybridized carbons (Fsp3) is 0.431. The number of methoxy groups -OCH3 is 2. The number of benzene rings is 4. The van der Waals surface area contributed by atoms with E-state index in [9.17, 15) is 14.4 Å².